The second-order valence-electron chi connectivity index (χ2n) is 8.63. The Kier molecular flexibility index (Phi) is 7.91. The molecule has 0 spiro atoms. The maximum atomic E-state index is 14.9. The molecule has 14 heteroatoms. The quantitative estimate of drug-likeness (QED) is 0.384. The van der Waals surface area contributed by atoms with Crippen molar-refractivity contribution < 1.29 is 26.8 Å². The molecule has 198 valence electrons. The number of H-pyrrole nitrogens is 1. The predicted molar refractivity (Wildman–Crippen MR) is 132 cm³/mol. The Morgan fingerprint density at radius 1 is 1.22 bits per heavy atom. The number of carbonyl (C=O) groups is 2. The monoisotopic (exact) mass is 553 g/mol. The van der Waals surface area contributed by atoms with Crippen LogP contribution >= 0.6 is 11.6 Å². The number of benzene rings is 2. The highest BCUT2D eigenvalue weighted by Gasteiger charge is 2.35. The second-order valence-corrected chi connectivity index (χ2v) is 10.7. The molecule has 0 saturated heterocycles. The van der Waals surface area contributed by atoms with Gasteiger partial charge in [0, 0.05) is 20.0 Å². The Labute approximate surface area is 216 Å². The standard InChI is InChI=1S/C23H25ClFN5O6S/c1-10-6-7-16(25)18(11(10)2)12(3)19(21-27-28-23(33)36-21)29-37(34,35)17-9-13(22(32)30(4)5)15(24)8-14(17)20(26)31/h6-9,12,19,29H,1-5H3,(H2,26,31)(H,28,33)/t12-,19+/m1/s1. The lowest BCUT2D eigenvalue weighted by atomic mass is 9.88. The zero-order valence-electron chi connectivity index (χ0n) is 20.5. The first-order chi connectivity index (χ1) is 17.2. The van der Waals surface area contributed by atoms with E-state index in [9.17, 15) is 27.2 Å². The Bertz CT molecular complexity index is 1550. The lowest BCUT2D eigenvalue weighted by Crippen LogP contribution is -2.34. The van der Waals surface area contributed by atoms with Gasteiger partial charge in [-0.25, -0.2) is 22.7 Å². The molecule has 0 saturated carbocycles. The van der Waals surface area contributed by atoms with Crippen LogP contribution in [0.1, 0.15) is 62.2 Å². The summed E-state index contributed by atoms with van der Waals surface area (Å²) in [5.74, 6) is -4.65. The number of aromatic amines is 1. The third-order valence-electron chi connectivity index (χ3n) is 5.95. The summed E-state index contributed by atoms with van der Waals surface area (Å²) in [6, 6.07) is 3.30. The van der Waals surface area contributed by atoms with E-state index in [2.05, 4.69) is 14.9 Å². The summed E-state index contributed by atoms with van der Waals surface area (Å²) in [4.78, 5) is 36.9. The van der Waals surface area contributed by atoms with Crippen molar-refractivity contribution in [2.75, 3.05) is 14.1 Å². The van der Waals surface area contributed by atoms with Gasteiger partial charge in [0.05, 0.1) is 21.0 Å². The average molecular weight is 554 g/mol. The van der Waals surface area contributed by atoms with Crippen molar-refractivity contribution in [1.29, 1.82) is 0 Å². The molecular weight excluding hydrogens is 529 g/mol. The Morgan fingerprint density at radius 2 is 1.86 bits per heavy atom. The van der Waals surface area contributed by atoms with Gasteiger partial charge in [0.1, 0.15) is 11.9 Å². The number of halogens is 2. The van der Waals surface area contributed by atoms with Gasteiger partial charge in [0.2, 0.25) is 21.8 Å². The molecule has 2 amide bonds. The van der Waals surface area contributed by atoms with E-state index in [-0.39, 0.29) is 22.0 Å². The lowest BCUT2D eigenvalue weighted by molar-refractivity contribution is 0.0826. The molecule has 1 heterocycles. The smallest absolute Gasteiger partial charge is 0.391 e. The summed E-state index contributed by atoms with van der Waals surface area (Å²) in [6.07, 6.45) is 0. The minimum atomic E-state index is -4.68. The number of aromatic nitrogens is 2. The summed E-state index contributed by atoms with van der Waals surface area (Å²) in [7, 11) is -1.81. The van der Waals surface area contributed by atoms with Crippen LogP contribution in [-0.4, -0.2) is 49.4 Å². The largest absolute Gasteiger partial charge is 0.434 e. The molecule has 0 aliphatic carbocycles. The summed E-state index contributed by atoms with van der Waals surface area (Å²) in [6.45, 7) is 4.94. The topological polar surface area (TPSA) is 168 Å². The van der Waals surface area contributed by atoms with Gasteiger partial charge in [-0.2, -0.15) is 4.72 Å². The van der Waals surface area contributed by atoms with Crippen LogP contribution in [0.25, 0.3) is 0 Å². The van der Waals surface area contributed by atoms with Crippen LogP contribution < -0.4 is 16.2 Å². The molecule has 0 aliphatic rings. The highest BCUT2D eigenvalue weighted by molar-refractivity contribution is 7.89. The maximum Gasteiger partial charge on any atom is 0.434 e. The van der Waals surface area contributed by atoms with Gasteiger partial charge in [-0.1, -0.05) is 24.6 Å². The molecule has 4 N–H and O–H groups in total. The molecule has 3 aromatic rings. The van der Waals surface area contributed by atoms with Crippen molar-refractivity contribution in [2.24, 2.45) is 5.73 Å². The van der Waals surface area contributed by atoms with Gasteiger partial charge in [0.15, 0.2) is 0 Å². The molecule has 2 atom stereocenters. The highest BCUT2D eigenvalue weighted by Crippen LogP contribution is 2.36. The minimum absolute atomic E-state index is 0.160. The number of carbonyl (C=O) groups excluding carboxylic acids is 2. The molecule has 0 unspecified atom stereocenters. The molecule has 0 radical (unpaired) electrons. The third-order valence-corrected chi connectivity index (χ3v) is 7.75. The number of sulfonamides is 1. The maximum absolute atomic E-state index is 14.9. The van der Waals surface area contributed by atoms with Gasteiger partial charge in [-0.05, 0) is 48.7 Å². The summed E-state index contributed by atoms with van der Waals surface area (Å²) in [5.41, 5.74) is 6.18. The third kappa shape index (κ3) is 5.58. The number of nitrogens with two attached hydrogens (primary N) is 1. The molecule has 0 bridgehead atoms. The van der Waals surface area contributed by atoms with Crippen LogP contribution in [0.5, 0.6) is 0 Å². The number of nitrogens with zero attached hydrogens (tertiary/aromatic N) is 2. The summed E-state index contributed by atoms with van der Waals surface area (Å²) in [5, 5.41) is 5.60. The van der Waals surface area contributed by atoms with Crippen molar-refractivity contribution in [3.05, 3.63) is 79.4 Å². The van der Waals surface area contributed by atoms with Crippen molar-refractivity contribution in [2.45, 2.75) is 37.6 Å². The van der Waals surface area contributed by atoms with E-state index in [0.29, 0.717) is 5.56 Å². The second kappa shape index (κ2) is 10.4. The molecule has 2 aromatic carbocycles. The van der Waals surface area contributed by atoms with Crippen LogP contribution in [0.2, 0.25) is 5.02 Å². The van der Waals surface area contributed by atoms with Crippen molar-refractivity contribution in [3.63, 3.8) is 0 Å². The lowest BCUT2D eigenvalue weighted by Gasteiger charge is -2.25. The van der Waals surface area contributed by atoms with Gasteiger partial charge in [0.25, 0.3) is 5.91 Å². The van der Waals surface area contributed by atoms with E-state index in [1.807, 2.05) is 0 Å². The number of aryl methyl sites for hydroxylation is 1. The Morgan fingerprint density at radius 3 is 2.41 bits per heavy atom. The first-order valence-electron chi connectivity index (χ1n) is 10.8. The fourth-order valence-corrected chi connectivity index (χ4v) is 5.61. The molecule has 0 fully saturated rings. The average Bonchev–Trinajstić information content (AvgIpc) is 3.25. The van der Waals surface area contributed by atoms with Crippen LogP contribution in [0.15, 0.2) is 38.4 Å². The van der Waals surface area contributed by atoms with Crippen LogP contribution in [0.3, 0.4) is 0 Å². The van der Waals surface area contributed by atoms with E-state index >= 15 is 0 Å². The van der Waals surface area contributed by atoms with E-state index < -0.39 is 55.8 Å². The molecular formula is C23H25ClFN5O6S. The van der Waals surface area contributed by atoms with Crippen LogP contribution in [-0.2, 0) is 10.0 Å². The normalized spacial score (nSPS) is 13.3. The summed E-state index contributed by atoms with van der Waals surface area (Å²) < 4.78 is 49.6. The fourth-order valence-electron chi connectivity index (χ4n) is 3.87. The SMILES string of the molecule is Cc1ccc(F)c([C@@H](C)[C@H](NS(=O)(=O)c2cc(C(=O)N(C)C)c(Cl)cc2C(N)=O)c2n[nH]c(=O)o2)c1C. The van der Waals surface area contributed by atoms with Gasteiger partial charge in [-0.15, -0.1) is 5.10 Å². The van der Waals surface area contributed by atoms with E-state index in [1.165, 1.54) is 32.0 Å². The predicted octanol–water partition coefficient (Wildman–Crippen LogP) is 2.40. The molecule has 11 nitrogen and oxygen atoms in total. The number of hydrogen-bond acceptors (Lipinski definition) is 7. The highest BCUT2D eigenvalue weighted by atomic mass is 35.5. The zero-order chi connectivity index (χ0) is 27.8. The van der Waals surface area contributed by atoms with Crippen molar-refractivity contribution >= 4 is 33.4 Å². The number of rotatable bonds is 8. The molecule has 3 rings (SSSR count). The number of hydrogen-bond donors (Lipinski definition) is 3. The van der Waals surface area contributed by atoms with E-state index in [1.54, 1.807) is 19.9 Å². The van der Waals surface area contributed by atoms with Gasteiger partial charge >= 0.3 is 5.76 Å². The van der Waals surface area contributed by atoms with E-state index in [4.69, 9.17) is 21.8 Å². The molecule has 37 heavy (non-hydrogen) atoms. The number of nitrogens with one attached hydrogen (secondary N) is 2. The number of amides is 2. The Hall–Kier alpha value is -3.55. The Balaban J connectivity index is 2.21. The zero-order valence-corrected chi connectivity index (χ0v) is 22.1. The van der Waals surface area contributed by atoms with E-state index in [0.717, 1.165) is 17.7 Å². The summed E-state index contributed by atoms with van der Waals surface area (Å²) >= 11 is 6.14. The van der Waals surface area contributed by atoms with Gasteiger partial charge < -0.3 is 15.1 Å². The van der Waals surface area contributed by atoms with Crippen molar-refractivity contribution in [3.8, 4) is 0 Å². The minimum Gasteiger partial charge on any atom is -0.391 e. The number of primary amides is 1. The molecule has 1 aromatic heterocycles. The van der Waals surface area contributed by atoms with Gasteiger partial charge in [-0.3, -0.25) is 9.59 Å². The fraction of sp³-hybridized carbons (Fsp3) is 0.304. The first-order valence-corrected chi connectivity index (χ1v) is 12.7. The molecule has 0 aliphatic heterocycles. The van der Waals surface area contributed by atoms with Crippen LogP contribution in [0.4, 0.5) is 4.39 Å². The van der Waals surface area contributed by atoms with Crippen LogP contribution in [0, 0.1) is 19.7 Å². The first kappa shape index (κ1) is 28.0. The van der Waals surface area contributed by atoms with Crippen molar-refractivity contribution in [1.82, 2.24) is 19.8 Å².